The van der Waals surface area contributed by atoms with Crippen molar-refractivity contribution in [3.63, 3.8) is 0 Å². The third-order valence-electron chi connectivity index (χ3n) is 4.94. The SMILES string of the molecule is CC(=O)N(c1ccccc1)c1nc(CNc2ccc3c(c2)CN(C)CC3)cs1. The van der Waals surface area contributed by atoms with Crippen molar-refractivity contribution in [3.05, 3.63) is 70.7 Å². The summed E-state index contributed by atoms with van der Waals surface area (Å²) in [5.41, 5.74) is 5.71. The summed E-state index contributed by atoms with van der Waals surface area (Å²) in [6.45, 7) is 4.31. The van der Waals surface area contributed by atoms with Gasteiger partial charge in [0.1, 0.15) is 0 Å². The van der Waals surface area contributed by atoms with Crippen LogP contribution in [0.1, 0.15) is 23.7 Å². The molecule has 0 aliphatic carbocycles. The molecule has 0 radical (unpaired) electrons. The quantitative estimate of drug-likeness (QED) is 0.698. The molecule has 0 saturated heterocycles. The van der Waals surface area contributed by atoms with Gasteiger partial charge in [0.2, 0.25) is 5.91 Å². The van der Waals surface area contributed by atoms with E-state index in [9.17, 15) is 4.79 Å². The van der Waals surface area contributed by atoms with Crippen LogP contribution in [0.4, 0.5) is 16.5 Å². The average Bonchev–Trinajstić information content (AvgIpc) is 3.15. The van der Waals surface area contributed by atoms with Gasteiger partial charge in [-0.15, -0.1) is 11.3 Å². The predicted molar refractivity (Wildman–Crippen MR) is 115 cm³/mol. The van der Waals surface area contributed by atoms with Gasteiger partial charge in [-0.3, -0.25) is 9.69 Å². The number of aromatic nitrogens is 1. The Kier molecular flexibility index (Phi) is 5.41. The number of anilines is 3. The molecule has 2 heterocycles. The lowest BCUT2D eigenvalue weighted by Crippen LogP contribution is -2.26. The summed E-state index contributed by atoms with van der Waals surface area (Å²) < 4.78 is 0. The second-order valence-corrected chi connectivity index (χ2v) is 7.97. The first-order chi connectivity index (χ1) is 13.6. The topological polar surface area (TPSA) is 48.5 Å². The molecule has 1 aromatic heterocycles. The zero-order valence-corrected chi connectivity index (χ0v) is 17.0. The van der Waals surface area contributed by atoms with E-state index in [1.807, 2.05) is 35.7 Å². The zero-order chi connectivity index (χ0) is 19.5. The lowest BCUT2D eigenvalue weighted by Gasteiger charge is -2.25. The third-order valence-corrected chi connectivity index (χ3v) is 5.82. The van der Waals surface area contributed by atoms with Crippen molar-refractivity contribution in [3.8, 4) is 0 Å². The first-order valence-electron chi connectivity index (χ1n) is 9.44. The van der Waals surface area contributed by atoms with Gasteiger partial charge in [0.05, 0.1) is 17.9 Å². The fourth-order valence-corrected chi connectivity index (χ4v) is 4.37. The van der Waals surface area contributed by atoms with E-state index in [0.717, 1.165) is 36.6 Å². The van der Waals surface area contributed by atoms with Crippen molar-refractivity contribution in [1.82, 2.24) is 9.88 Å². The molecule has 1 aliphatic rings. The first kappa shape index (κ1) is 18.7. The van der Waals surface area contributed by atoms with Gasteiger partial charge in [-0.05, 0) is 48.9 Å². The third kappa shape index (κ3) is 4.08. The first-order valence-corrected chi connectivity index (χ1v) is 10.3. The Morgan fingerprint density at radius 2 is 2.04 bits per heavy atom. The standard InChI is InChI=1S/C22H24N4OS/c1-16(27)26(21-6-4-3-5-7-21)22-24-20(15-28-22)13-23-19-9-8-17-10-11-25(2)14-18(17)12-19/h3-9,12,15,23H,10-11,13-14H2,1-2H3. The molecule has 1 amide bonds. The van der Waals surface area contributed by atoms with Crippen molar-refractivity contribution in [2.24, 2.45) is 0 Å². The number of hydrogen-bond donors (Lipinski definition) is 1. The van der Waals surface area contributed by atoms with Crippen LogP contribution in [0.3, 0.4) is 0 Å². The molecule has 0 bridgehead atoms. The number of benzene rings is 2. The molecule has 2 aromatic carbocycles. The van der Waals surface area contributed by atoms with Crippen LogP contribution < -0.4 is 10.2 Å². The highest BCUT2D eigenvalue weighted by atomic mass is 32.1. The number of hydrogen-bond acceptors (Lipinski definition) is 5. The minimum atomic E-state index is -0.0427. The molecule has 28 heavy (non-hydrogen) atoms. The molecule has 0 spiro atoms. The predicted octanol–water partition coefficient (Wildman–Crippen LogP) is 4.43. The molecule has 1 aliphatic heterocycles. The second-order valence-electron chi connectivity index (χ2n) is 7.14. The maximum Gasteiger partial charge on any atom is 0.230 e. The Hall–Kier alpha value is -2.70. The summed E-state index contributed by atoms with van der Waals surface area (Å²) in [5.74, 6) is -0.0427. The summed E-state index contributed by atoms with van der Waals surface area (Å²) in [4.78, 5) is 20.8. The zero-order valence-electron chi connectivity index (χ0n) is 16.2. The van der Waals surface area contributed by atoms with Gasteiger partial charge in [-0.1, -0.05) is 24.3 Å². The fourth-order valence-electron chi connectivity index (χ4n) is 3.48. The summed E-state index contributed by atoms with van der Waals surface area (Å²) >= 11 is 1.49. The Labute approximate surface area is 169 Å². The maximum absolute atomic E-state index is 12.2. The molecule has 5 nitrogen and oxygen atoms in total. The van der Waals surface area contributed by atoms with Gasteiger partial charge in [0, 0.05) is 31.1 Å². The summed E-state index contributed by atoms with van der Waals surface area (Å²) in [7, 11) is 2.16. The highest BCUT2D eigenvalue weighted by molar-refractivity contribution is 7.14. The largest absolute Gasteiger partial charge is 0.379 e. The Morgan fingerprint density at radius 3 is 2.82 bits per heavy atom. The van der Waals surface area contributed by atoms with Crippen LogP contribution in [0, 0.1) is 0 Å². The van der Waals surface area contributed by atoms with Crippen molar-refractivity contribution in [2.75, 3.05) is 23.8 Å². The minimum absolute atomic E-state index is 0.0427. The number of fused-ring (bicyclic) bond motifs is 1. The second kappa shape index (κ2) is 8.12. The van der Waals surface area contributed by atoms with Gasteiger partial charge in [-0.2, -0.15) is 0 Å². The number of carbonyl (C=O) groups excluding carboxylic acids is 1. The fraction of sp³-hybridized carbons (Fsp3) is 0.273. The maximum atomic E-state index is 12.2. The average molecular weight is 393 g/mol. The number of para-hydroxylation sites is 1. The van der Waals surface area contributed by atoms with Crippen LogP contribution >= 0.6 is 11.3 Å². The van der Waals surface area contributed by atoms with Gasteiger partial charge < -0.3 is 10.2 Å². The molecule has 0 atom stereocenters. The number of carbonyl (C=O) groups is 1. The Balaban J connectivity index is 1.46. The van der Waals surface area contributed by atoms with E-state index < -0.39 is 0 Å². The molecule has 3 aromatic rings. The van der Waals surface area contributed by atoms with Gasteiger partial charge in [0.25, 0.3) is 0 Å². The van der Waals surface area contributed by atoms with E-state index in [1.165, 1.54) is 22.5 Å². The Morgan fingerprint density at radius 1 is 1.21 bits per heavy atom. The van der Waals surface area contributed by atoms with E-state index in [-0.39, 0.29) is 5.91 Å². The molecule has 1 N–H and O–H groups in total. The molecule has 0 unspecified atom stereocenters. The molecular weight excluding hydrogens is 368 g/mol. The van der Waals surface area contributed by atoms with Crippen LogP contribution in [0.15, 0.2) is 53.9 Å². The lowest BCUT2D eigenvalue weighted by atomic mass is 9.99. The van der Waals surface area contributed by atoms with Crippen LogP contribution in [0.5, 0.6) is 0 Å². The summed E-state index contributed by atoms with van der Waals surface area (Å²) in [5, 5.41) is 6.17. The van der Waals surface area contributed by atoms with E-state index in [2.05, 4.69) is 40.4 Å². The van der Waals surface area contributed by atoms with Crippen LogP contribution in [-0.4, -0.2) is 29.4 Å². The number of rotatable bonds is 5. The van der Waals surface area contributed by atoms with Gasteiger partial charge in [-0.25, -0.2) is 4.98 Å². The molecule has 6 heteroatoms. The van der Waals surface area contributed by atoms with Crippen LogP contribution in [-0.2, 0) is 24.3 Å². The monoisotopic (exact) mass is 392 g/mol. The van der Waals surface area contributed by atoms with Gasteiger partial charge >= 0.3 is 0 Å². The minimum Gasteiger partial charge on any atom is -0.379 e. The normalized spacial score (nSPS) is 13.8. The Bertz CT molecular complexity index is 970. The van der Waals surface area contributed by atoms with E-state index >= 15 is 0 Å². The molecule has 0 saturated carbocycles. The number of amides is 1. The van der Waals surface area contributed by atoms with Crippen molar-refractivity contribution in [2.45, 2.75) is 26.4 Å². The van der Waals surface area contributed by atoms with E-state index in [0.29, 0.717) is 11.7 Å². The van der Waals surface area contributed by atoms with Crippen LogP contribution in [0.2, 0.25) is 0 Å². The van der Waals surface area contributed by atoms with Crippen molar-refractivity contribution >= 4 is 33.8 Å². The number of likely N-dealkylation sites (N-methyl/N-ethyl adjacent to an activating group) is 1. The lowest BCUT2D eigenvalue weighted by molar-refractivity contribution is -0.115. The van der Waals surface area contributed by atoms with E-state index in [1.54, 1.807) is 11.8 Å². The number of nitrogens with one attached hydrogen (secondary N) is 1. The van der Waals surface area contributed by atoms with Crippen LogP contribution in [0.25, 0.3) is 0 Å². The molecular formula is C22H24N4OS. The molecule has 144 valence electrons. The summed E-state index contributed by atoms with van der Waals surface area (Å²) in [6.07, 6.45) is 1.11. The highest BCUT2D eigenvalue weighted by Gasteiger charge is 2.18. The van der Waals surface area contributed by atoms with Crippen molar-refractivity contribution in [1.29, 1.82) is 0 Å². The molecule has 0 fully saturated rings. The number of nitrogens with zero attached hydrogens (tertiary/aromatic N) is 3. The summed E-state index contributed by atoms with van der Waals surface area (Å²) in [6, 6.07) is 16.2. The van der Waals surface area contributed by atoms with Gasteiger partial charge in [0.15, 0.2) is 5.13 Å². The van der Waals surface area contributed by atoms with Crippen molar-refractivity contribution < 1.29 is 4.79 Å². The smallest absolute Gasteiger partial charge is 0.230 e. The highest BCUT2D eigenvalue weighted by Crippen LogP contribution is 2.29. The van der Waals surface area contributed by atoms with E-state index in [4.69, 9.17) is 0 Å². The molecule has 4 rings (SSSR count). The number of thiazole rings is 1.